The van der Waals surface area contributed by atoms with Crippen molar-refractivity contribution in [2.24, 2.45) is 10.9 Å². The molecule has 7 heteroatoms. The summed E-state index contributed by atoms with van der Waals surface area (Å²) in [6, 6.07) is 8.18. The van der Waals surface area contributed by atoms with Gasteiger partial charge in [-0.3, -0.25) is 9.79 Å². The summed E-state index contributed by atoms with van der Waals surface area (Å²) in [6.07, 6.45) is 0. The highest BCUT2D eigenvalue weighted by Gasteiger charge is 2.19. The van der Waals surface area contributed by atoms with Crippen molar-refractivity contribution in [3.05, 3.63) is 24.3 Å². The normalized spacial score (nSPS) is 15.2. The Kier molecular flexibility index (Phi) is 7.56. The van der Waals surface area contributed by atoms with Crippen LogP contribution in [-0.2, 0) is 4.79 Å². The average Bonchev–Trinajstić information content (AvgIpc) is 2.68. The van der Waals surface area contributed by atoms with Crippen LogP contribution in [0.3, 0.4) is 0 Å². The molecule has 0 spiro atoms. The molecule has 144 valence electrons. The second kappa shape index (κ2) is 9.89. The number of nitrogens with zero attached hydrogens (tertiary/aromatic N) is 3. The number of anilines is 1. The third kappa shape index (κ3) is 5.54. The van der Waals surface area contributed by atoms with E-state index in [-0.39, 0.29) is 11.8 Å². The van der Waals surface area contributed by atoms with Gasteiger partial charge in [-0.15, -0.1) is 0 Å². The van der Waals surface area contributed by atoms with E-state index in [4.69, 9.17) is 4.74 Å². The van der Waals surface area contributed by atoms with Gasteiger partial charge in [0.2, 0.25) is 5.91 Å². The van der Waals surface area contributed by atoms with Crippen LogP contribution < -0.4 is 20.3 Å². The number of aliphatic imine (C=N–C) groups is 1. The third-order valence-electron chi connectivity index (χ3n) is 4.46. The van der Waals surface area contributed by atoms with E-state index in [9.17, 15) is 4.79 Å². The molecule has 0 unspecified atom stereocenters. The topological polar surface area (TPSA) is 69.2 Å². The first kappa shape index (κ1) is 19.9. The molecule has 1 aromatic rings. The fourth-order valence-electron chi connectivity index (χ4n) is 2.87. The Balaban J connectivity index is 1.76. The van der Waals surface area contributed by atoms with Crippen LogP contribution in [-0.4, -0.2) is 70.2 Å². The molecule has 1 heterocycles. The summed E-state index contributed by atoms with van der Waals surface area (Å²) in [5, 5.41) is 6.24. The maximum Gasteiger partial charge on any atom is 0.222 e. The van der Waals surface area contributed by atoms with E-state index in [2.05, 4.69) is 37.6 Å². The molecule has 1 saturated heterocycles. The Labute approximate surface area is 156 Å². The summed E-state index contributed by atoms with van der Waals surface area (Å²) in [6.45, 7) is 8.75. The molecule has 0 atom stereocenters. The number of rotatable bonds is 6. The minimum absolute atomic E-state index is 0.0142. The lowest BCUT2D eigenvalue weighted by Gasteiger charge is -2.37. The molecule has 1 amide bonds. The van der Waals surface area contributed by atoms with Crippen molar-refractivity contribution in [3.63, 3.8) is 0 Å². The van der Waals surface area contributed by atoms with Crippen molar-refractivity contribution in [1.82, 2.24) is 15.5 Å². The van der Waals surface area contributed by atoms with E-state index < -0.39 is 0 Å². The number of carbonyl (C=O) groups is 1. The van der Waals surface area contributed by atoms with Crippen LogP contribution >= 0.6 is 0 Å². The van der Waals surface area contributed by atoms with Gasteiger partial charge in [0.15, 0.2) is 5.96 Å². The number of carbonyl (C=O) groups excluding carboxylic acids is 1. The van der Waals surface area contributed by atoms with Crippen molar-refractivity contribution in [1.29, 1.82) is 0 Å². The maximum absolute atomic E-state index is 11.6. The minimum Gasteiger partial charge on any atom is -0.497 e. The first-order valence-electron chi connectivity index (χ1n) is 9.17. The number of methoxy groups -OCH3 is 1. The van der Waals surface area contributed by atoms with Crippen LogP contribution in [0.5, 0.6) is 5.75 Å². The largest absolute Gasteiger partial charge is 0.497 e. The van der Waals surface area contributed by atoms with Gasteiger partial charge in [-0.25, -0.2) is 0 Å². The predicted octanol–water partition coefficient (Wildman–Crippen LogP) is 1.16. The van der Waals surface area contributed by atoms with Crippen LogP contribution in [0.15, 0.2) is 29.3 Å². The van der Waals surface area contributed by atoms with Gasteiger partial charge in [0.25, 0.3) is 0 Å². The highest BCUT2D eigenvalue weighted by atomic mass is 16.5. The first-order chi connectivity index (χ1) is 12.5. The Bertz CT molecular complexity index is 592. The van der Waals surface area contributed by atoms with Gasteiger partial charge in [0.1, 0.15) is 5.75 Å². The molecule has 0 radical (unpaired) electrons. The van der Waals surface area contributed by atoms with Gasteiger partial charge < -0.3 is 25.2 Å². The Morgan fingerprint density at radius 1 is 1.12 bits per heavy atom. The molecule has 1 aromatic carbocycles. The Morgan fingerprint density at radius 2 is 1.73 bits per heavy atom. The SMILES string of the molecule is CN=C(NCCNC(=O)C(C)C)N1CCN(c2ccc(OC)cc2)CC1. The zero-order valence-corrected chi connectivity index (χ0v) is 16.3. The maximum atomic E-state index is 11.6. The second-order valence-electron chi connectivity index (χ2n) is 6.59. The van der Waals surface area contributed by atoms with E-state index in [1.165, 1.54) is 5.69 Å². The number of nitrogens with one attached hydrogen (secondary N) is 2. The standard InChI is InChI=1S/C19H31N5O2/c1-15(2)18(25)21-9-10-22-19(20-3)24-13-11-23(12-14-24)16-5-7-17(26-4)8-6-16/h5-8,15H,9-14H2,1-4H3,(H,20,22)(H,21,25). The Morgan fingerprint density at radius 3 is 2.27 bits per heavy atom. The van der Waals surface area contributed by atoms with Crippen molar-refractivity contribution in [3.8, 4) is 5.75 Å². The Hall–Kier alpha value is -2.44. The van der Waals surface area contributed by atoms with Crippen molar-refractivity contribution in [2.75, 3.05) is 58.3 Å². The molecule has 1 fully saturated rings. The molecule has 0 aliphatic carbocycles. The smallest absolute Gasteiger partial charge is 0.222 e. The zero-order valence-electron chi connectivity index (χ0n) is 16.3. The molecule has 7 nitrogen and oxygen atoms in total. The molecule has 2 N–H and O–H groups in total. The lowest BCUT2D eigenvalue weighted by atomic mass is 10.2. The van der Waals surface area contributed by atoms with Crippen molar-refractivity contribution >= 4 is 17.6 Å². The van der Waals surface area contributed by atoms with Crippen LogP contribution in [0.4, 0.5) is 5.69 Å². The molecule has 0 bridgehead atoms. The third-order valence-corrected chi connectivity index (χ3v) is 4.46. The summed E-state index contributed by atoms with van der Waals surface area (Å²) in [5.74, 6) is 1.86. The number of hydrogen-bond donors (Lipinski definition) is 2. The van der Waals surface area contributed by atoms with Gasteiger partial charge in [-0.05, 0) is 24.3 Å². The van der Waals surface area contributed by atoms with Crippen molar-refractivity contribution < 1.29 is 9.53 Å². The van der Waals surface area contributed by atoms with E-state index >= 15 is 0 Å². The first-order valence-corrected chi connectivity index (χ1v) is 9.17. The van der Waals surface area contributed by atoms with Gasteiger partial charge in [0.05, 0.1) is 7.11 Å². The lowest BCUT2D eigenvalue weighted by Crippen LogP contribution is -2.53. The summed E-state index contributed by atoms with van der Waals surface area (Å²) in [4.78, 5) is 20.6. The number of ether oxygens (including phenoxy) is 1. The van der Waals surface area contributed by atoms with E-state index in [0.717, 1.165) is 37.9 Å². The lowest BCUT2D eigenvalue weighted by molar-refractivity contribution is -0.123. The number of amides is 1. The van der Waals surface area contributed by atoms with E-state index in [1.807, 2.05) is 26.0 Å². The summed E-state index contributed by atoms with van der Waals surface area (Å²) in [5.41, 5.74) is 1.21. The van der Waals surface area contributed by atoms with Gasteiger partial charge in [0, 0.05) is 57.9 Å². The van der Waals surface area contributed by atoms with E-state index in [1.54, 1.807) is 14.2 Å². The number of guanidine groups is 1. The van der Waals surface area contributed by atoms with E-state index in [0.29, 0.717) is 13.1 Å². The number of hydrogen-bond acceptors (Lipinski definition) is 4. The second-order valence-corrected chi connectivity index (χ2v) is 6.59. The van der Waals surface area contributed by atoms with Gasteiger partial charge >= 0.3 is 0 Å². The fraction of sp³-hybridized carbons (Fsp3) is 0.579. The fourth-order valence-corrected chi connectivity index (χ4v) is 2.87. The zero-order chi connectivity index (χ0) is 18.9. The van der Waals surface area contributed by atoms with Crippen LogP contribution in [0.25, 0.3) is 0 Å². The minimum atomic E-state index is 0.0142. The average molecular weight is 361 g/mol. The van der Waals surface area contributed by atoms with Gasteiger partial charge in [-0.2, -0.15) is 0 Å². The quantitative estimate of drug-likeness (QED) is 0.452. The molecular formula is C19H31N5O2. The van der Waals surface area contributed by atoms with Crippen LogP contribution in [0, 0.1) is 5.92 Å². The summed E-state index contributed by atoms with van der Waals surface area (Å²) in [7, 11) is 3.48. The highest BCUT2D eigenvalue weighted by molar-refractivity contribution is 5.80. The highest BCUT2D eigenvalue weighted by Crippen LogP contribution is 2.20. The molecule has 1 aliphatic heterocycles. The predicted molar refractivity (Wildman–Crippen MR) is 106 cm³/mol. The summed E-state index contributed by atoms with van der Waals surface area (Å²) < 4.78 is 5.22. The van der Waals surface area contributed by atoms with Gasteiger partial charge in [-0.1, -0.05) is 13.8 Å². The van der Waals surface area contributed by atoms with Crippen LogP contribution in [0.1, 0.15) is 13.8 Å². The molecule has 0 aromatic heterocycles. The molecule has 1 aliphatic rings. The number of benzene rings is 1. The molecule has 26 heavy (non-hydrogen) atoms. The number of piperazine rings is 1. The monoisotopic (exact) mass is 361 g/mol. The molecular weight excluding hydrogens is 330 g/mol. The summed E-state index contributed by atoms with van der Waals surface area (Å²) >= 11 is 0. The van der Waals surface area contributed by atoms with Crippen molar-refractivity contribution in [2.45, 2.75) is 13.8 Å². The molecule has 2 rings (SSSR count). The molecule has 0 saturated carbocycles. The van der Waals surface area contributed by atoms with Crippen LogP contribution in [0.2, 0.25) is 0 Å².